The van der Waals surface area contributed by atoms with Crippen LogP contribution in [0.25, 0.3) is 0 Å². The van der Waals surface area contributed by atoms with Crippen LogP contribution >= 0.6 is 11.6 Å². The Morgan fingerprint density at radius 2 is 1.72 bits per heavy atom. The minimum Gasteiger partial charge on any atom is -0.357 e. The highest BCUT2D eigenvalue weighted by molar-refractivity contribution is 6.39. The van der Waals surface area contributed by atoms with E-state index in [4.69, 9.17) is 11.6 Å². The van der Waals surface area contributed by atoms with Crippen molar-refractivity contribution < 1.29 is 9.59 Å². The van der Waals surface area contributed by atoms with Gasteiger partial charge in [-0.25, -0.2) is 4.98 Å². The molecule has 0 bridgehead atoms. The molecule has 1 aromatic heterocycles. The number of carbonyl (C=O) groups is 2. The van der Waals surface area contributed by atoms with E-state index < -0.39 is 11.8 Å². The van der Waals surface area contributed by atoms with E-state index in [0.29, 0.717) is 10.7 Å². The van der Waals surface area contributed by atoms with Gasteiger partial charge in [0.1, 0.15) is 5.82 Å². The third-order valence-electron chi connectivity index (χ3n) is 3.66. The van der Waals surface area contributed by atoms with E-state index in [1.54, 1.807) is 30.5 Å². The maximum atomic E-state index is 11.9. The second kappa shape index (κ2) is 9.03. The Hall–Kier alpha value is -2.60. The van der Waals surface area contributed by atoms with Gasteiger partial charge in [0.25, 0.3) is 0 Å². The lowest BCUT2D eigenvalue weighted by molar-refractivity contribution is -0.136. The lowest BCUT2D eigenvalue weighted by Crippen LogP contribution is -2.35. The Kier molecular flexibility index (Phi) is 6.77. The van der Waals surface area contributed by atoms with Gasteiger partial charge in [-0.1, -0.05) is 17.7 Å². The first-order chi connectivity index (χ1) is 12.0. The van der Waals surface area contributed by atoms with Gasteiger partial charge in [-0.15, -0.1) is 0 Å². The van der Waals surface area contributed by atoms with Crippen LogP contribution < -0.4 is 15.5 Å². The largest absolute Gasteiger partial charge is 0.357 e. The molecule has 2 rings (SSSR count). The molecular formula is C18H21ClN4O2. The van der Waals surface area contributed by atoms with Crippen molar-refractivity contribution in [2.75, 3.05) is 23.3 Å². The molecule has 132 valence electrons. The topological polar surface area (TPSA) is 74.3 Å². The van der Waals surface area contributed by atoms with Gasteiger partial charge in [0.2, 0.25) is 0 Å². The van der Waals surface area contributed by atoms with Crippen molar-refractivity contribution in [3.8, 4) is 0 Å². The maximum absolute atomic E-state index is 11.9. The normalized spacial score (nSPS) is 10.2. The zero-order valence-electron chi connectivity index (χ0n) is 14.3. The number of carbonyl (C=O) groups excluding carboxylic acids is 2. The highest BCUT2D eigenvalue weighted by Gasteiger charge is 2.13. The number of hydrogen-bond acceptors (Lipinski definition) is 4. The van der Waals surface area contributed by atoms with Gasteiger partial charge in [-0.3, -0.25) is 9.59 Å². The van der Waals surface area contributed by atoms with E-state index in [0.717, 1.165) is 24.5 Å². The van der Waals surface area contributed by atoms with Crippen molar-refractivity contribution >= 4 is 34.9 Å². The van der Waals surface area contributed by atoms with Crippen LogP contribution in [0.5, 0.6) is 0 Å². The molecule has 6 nitrogen and oxygen atoms in total. The van der Waals surface area contributed by atoms with Gasteiger partial charge < -0.3 is 15.5 Å². The second-order valence-electron chi connectivity index (χ2n) is 5.34. The number of rotatable bonds is 6. The van der Waals surface area contributed by atoms with E-state index >= 15 is 0 Å². The average Bonchev–Trinajstić information content (AvgIpc) is 2.63. The summed E-state index contributed by atoms with van der Waals surface area (Å²) < 4.78 is 0. The number of pyridine rings is 1. The van der Waals surface area contributed by atoms with Crippen molar-refractivity contribution in [3.05, 3.63) is 53.2 Å². The SMILES string of the molecule is CCN(CC)c1ccc(CNC(=O)C(=O)Nc2ccc(Cl)cc2)cn1. The summed E-state index contributed by atoms with van der Waals surface area (Å²) in [6.45, 7) is 6.13. The minimum absolute atomic E-state index is 0.235. The predicted octanol–water partition coefficient (Wildman–Crippen LogP) is 2.84. The molecule has 1 aromatic carbocycles. The Morgan fingerprint density at radius 3 is 2.28 bits per heavy atom. The summed E-state index contributed by atoms with van der Waals surface area (Å²) in [6, 6.07) is 10.3. The van der Waals surface area contributed by atoms with Gasteiger partial charge >= 0.3 is 11.8 Å². The minimum atomic E-state index is -0.727. The summed E-state index contributed by atoms with van der Waals surface area (Å²) in [5.41, 5.74) is 1.33. The van der Waals surface area contributed by atoms with Crippen LogP contribution in [0.2, 0.25) is 5.02 Å². The summed E-state index contributed by atoms with van der Waals surface area (Å²) >= 11 is 5.78. The molecule has 0 unspecified atom stereocenters. The molecule has 7 heteroatoms. The molecule has 25 heavy (non-hydrogen) atoms. The molecule has 0 fully saturated rings. The molecule has 0 saturated carbocycles. The fourth-order valence-electron chi connectivity index (χ4n) is 2.24. The standard InChI is InChI=1S/C18H21ClN4O2/c1-3-23(4-2)16-10-5-13(11-20-16)12-21-17(24)18(25)22-15-8-6-14(19)7-9-15/h5-11H,3-4,12H2,1-2H3,(H,21,24)(H,22,25). The van der Waals surface area contributed by atoms with Crippen molar-refractivity contribution in [1.82, 2.24) is 10.3 Å². The van der Waals surface area contributed by atoms with E-state index in [9.17, 15) is 9.59 Å². The smallest absolute Gasteiger partial charge is 0.313 e. The van der Waals surface area contributed by atoms with Crippen molar-refractivity contribution in [2.45, 2.75) is 20.4 Å². The highest BCUT2D eigenvalue weighted by Crippen LogP contribution is 2.13. The molecule has 0 radical (unpaired) electrons. The van der Waals surface area contributed by atoms with Crippen LogP contribution in [0, 0.1) is 0 Å². The molecule has 2 aromatic rings. The van der Waals surface area contributed by atoms with E-state index in [-0.39, 0.29) is 6.54 Å². The number of benzene rings is 1. The van der Waals surface area contributed by atoms with Gasteiger partial charge in [-0.05, 0) is 49.7 Å². The second-order valence-corrected chi connectivity index (χ2v) is 5.78. The first-order valence-electron chi connectivity index (χ1n) is 8.08. The molecule has 0 aliphatic heterocycles. The quantitative estimate of drug-likeness (QED) is 0.777. The molecule has 2 N–H and O–H groups in total. The summed E-state index contributed by atoms with van der Waals surface area (Å²) in [7, 11) is 0. The molecule has 0 atom stereocenters. The molecule has 0 aliphatic carbocycles. The summed E-state index contributed by atoms with van der Waals surface area (Å²) in [5, 5.41) is 5.65. The number of halogens is 1. The highest BCUT2D eigenvalue weighted by atomic mass is 35.5. The van der Waals surface area contributed by atoms with Crippen LogP contribution in [-0.2, 0) is 16.1 Å². The number of aromatic nitrogens is 1. The van der Waals surface area contributed by atoms with E-state index in [1.807, 2.05) is 12.1 Å². The molecule has 0 aliphatic rings. The van der Waals surface area contributed by atoms with Crippen LogP contribution in [-0.4, -0.2) is 29.9 Å². The first kappa shape index (κ1) is 18.7. The van der Waals surface area contributed by atoms with E-state index in [2.05, 4.69) is 34.4 Å². The fraction of sp³-hybridized carbons (Fsp3) is 0.278. The number of nitrogens with one attached hydrogen (secondary N) is 2. The fourth-order valence-corrected chi connectivity index (χ4v) is 2.37. The van der Waals surface area contributed by atoms with Gasteiger partial charge in [0.15, 0.2) is 0 Å². The van der Waals surface area contributed by atoms with E-state index in [1.165, 1.54) is 0 Å². The van der Waals surface area contributed by atoms with Crippen LogP contribution in [0.15, 0.2) is 42.6 Å². The van der Waals surface area contributed by atoms with Crippen molar-refractivity contribution in [1.29, 1.82) is 0 Å². The zero-order valence-corrected chi connectivity index (χ0v) is 15.0. The third kappa shape index (κ3) is 5.46. The lowest BCUT2D eigenvalue weighted by atomic mass is 10.2. The average molecular weight is 361 g/mol. The lowest BCUT2D eigenvalue weighted by Gasteiger charge is -2.19. The molecular weight excluding hydrogens is 340 g/mol. The Balaban J connectivity index is 1.86. The van der Waals surface area contributed by atoms with Gasteiger partial charge in [-0.2, -0.15) is 0 Å². The van der Waals surface area contributed by atoms with Crippen LogP contribution in [0.1, 0.15) is 19.4 Å². The van der Waals surface area contributed by atoms with Crippen molar-refractivity contribution in [2.24, 2.45) is 0 Å². The zero-order chi connectivity index (χ0) is 18.2. The Morgan fingerprint density at radius 1 is 1.04 bits per heavy atom. The summed E-state index contributed by atoms with van der Waals surface area (Å²) in [4.78, 5) is 30.2. The number of nitrogens with zero attached hydrogens (tertiary/aromatic N) is 2. The van der Waals surface area contributed by atoms with Gasteiger partial charge in [0.05, 0.1) is 0 Å². The Bertz CT molecular complexity index is 713. The monoisotopic (exact) mass is 360 g/mol. The van der Waals surface area contributed by atoms with Gasteiger partial charge in [0, 0.05) is 36.5 Å². The van der Waals surface area contributed by atoms with Crippen molar-refractivity contribution in [3.63, 3.8) is 0 Å². The summed E-state index contributed by atoms with van der Waals surface area (Å²) in [5.74, 6) is -0.543. The first-order valence-corrected chi connectivity index (χ1v) is 8.46. The number of amides is 2. The predicted molar refractivity (Wildman–Crippen MR) is 99.7 cm³/mol. The molecule has 1 heterocycles. The Labute approximate surface area is 152 Å². The van der Waals surface area contributed by atoms with Crippen LogP contribution in [0.4, 0.5) is 11.5 Å². The number of hydrogen-bond donors (Lipinski definition) is 2. The summed E-state index contributed by atoms with van der Waals surface area (Å²) in [6.07, 6.45) is 1.70. The molecule has 2 amide bonds. The molecule has 0 saturated heterocycles. The maximum Gasteiger partial charge on any atom is 0.313 e. The number of anilines is 2. The van der Waals surface area contributed by atoms with Crippen LogP contribution in [0.3, 0.4) is 0 Å². The third-order valence-corrected chi connectivity index (χ3v) is 3.91. The molecule has 0 spiro atoms.